The number of hydrogen-bond donors (Lipinski definition) is 1. The van der Waals surface area contributed by atoms with Crippen molar-refractivity contribution in [3.8, 4) is 22.2 Å². The Morgan fingerprint density at radius 2 is 2.00 bits per heavy atom. The molecular formula is C22H22ClN3O4S. The van der Waals surface area contributed by atoms with E-state index in [1.54, 1.807) is 43.5 Å². The van der Waals surface area contributed by atoms with Gasteiger partial charge in [-0.1, -0.05) is 18.5 Å². The molecule has 4 rings (SSSR count). The normalized spacial score (nSPS) is 15.0. The molecule has 0 radical (unpaired) electrons. The van der Waals surface area contributed by atoms with Crippen LogP contribution in [0.1, 0.15) is 35.5 Å². The van der Waals surface area contributed by atoms with Crippen LogP contribution in [0.4, 0.5) is 5.69 Å². The summed E-state index contributed by atoms with van der Waals surface area (Å²) in [5.41, 5.74) is 0.722. The van der Waals surface area contributed by atoms with Gasteiger partial charge in [-0.25, -0.2) is 9.97 Å². The number of aliphatic hydroxyl groups is 1. The third-order valence-corrected chi connectivity index (χ3v) is 6.53. The monoisotopic (exact) mass is 459 g/mol. The van der Waals surface area contributed by atoms with E-state index < -0.39 is 5.60 Å². The summed E-state index contributed by atoms with van der Waals surface area (Å²) in [7, 11) is 1.55. The summed E-state index contributed by atoms with van der Waals surface area (Å²) in [5.74, 6) is 1.49. The molecule has 1 atom stereocenters. The summed E-state index contributed by atoms with van der Waals surface area (Å²) >= 11 is 7.23. The van der Waals surface area contributed by atoms with Crippen LogP contribution in [0.15, 0.2) is 36.7 Å². The van der Waals surface area contributed by atoms with Gasteiger partial charge in [-0.3, -0.25) is 4.79 Å². The molecule has 0 saturated heterocycles. The molecule has 1 aliphatic rings. The SMILES string of the molecule is CCC(C)(O)COc1ccc(N2Cc3cc(-c4ncc(Cl)cn4)sc3C2=O)cc1OC. The number of carbonyl (C=O) groups excluding carboxylic acids is 1. The third kappa shape index (κ3) is 4.37. The van der Waals surface area contributed by atoms with Crippen molar-refractivity contribution in [2.24, 2.45) is 0 Å². The van der Waals surface area contributed by atoms with Crippen molar-refractivity contribution in [1.29, 1.82) is 0 Å². The molecule has 9 heteroatoms. The van der Waals surface area contributed by atoms with Crippen LogP contribution in [0.5, 0.6) is 11.5 Å². The standard InChI is InChI=1S/C22H22ClN3O4S/c1-4-22(2,28)12-30-16-6-5-15(8-17(16)29-3)26-11-13-7-18(31-19(13)21(26)27)20-24-9-14(23)10-25-20/h5-10,28H,4,11-12H2,1-3H3. The minimum absolute atomic E-state index is 0.0788. The van der Waals surface area contributed by atoms with Gasteiger partial charge in [-0.2, -0.15) is 0 Å². The second-order valence-electron chi connectivity index (χ2n) is 7.56. The van der Waals surface area contributed by atoms with Crippen molar-refractivity contribution < 1.29 is 19.4 Å². The number of ether oxygens (including phenoxy) is 2. The van der Waals surface area contributed by atoms with Gasteiger partial charge in [-0.05, 0) is 37.1 Å². The Bertz CT molecular complexity index is 1110. The minimum atomic E-state index is -0.922. The van der Waals surface area contributed by atoms with E-state index in [4.69, 9.17) is 21.1 Å². The van der Waals surface area contributed by atoms with Crippen LogP contribution in [0.25, 0.3) is 10.7 Å². The first-order valence-corrected chi connectivity index (χ1v) is 11.0. The molecule has 1 aliphatic heterocycles. The first-order chi connectivity index (χ1) is 14.8. The molecule has 162 valence electrons. The Morgan fingerprint density at radius 1 is 1.26 bits per heavy atom. The van der Waals surface area contributed by atoms with Gasteiger partial charge in [0.1, 0.15) is 6.61 Å². The molecule has 3 aromatic rings. The van der Waals surface area contributed by atoms with Crippen molar-refractivity contribution in [2.75, 3.05) is 18.6 Å². The maximum Gasteiger partial charge on any atom is 0.269 e. The number of carbonyl (C=O) groups is 1. The van der Waals surface area contributed by atoms with Crippen molar-refractivity contribution in [3.05, 3.63) is 52.1 Å². The van der Waals surface area contributed by atoms with Gasteiger partial charge < -0.3 is 19.5 Å². The Labute approximate surface area is 189 Å². The zero-order valence-electron chi connectivity index (χ0n) is 17.4. The molecule has 0 saturated carbocycles. The van der Waals surface area contributed by atoms with E-state index in [1.807, 2.05) is 19.1 Å². The fraction of sp³-hybridized carbons (Fsp3) is 0.318. The molecule has 2 aromatic heterocycles. The van der Waals surface area contributed by atoms with E-state index in [-0.39, 0.29) is 12.5 Å². The molecular weight excluding hydrogens is 438 g/mol. The number of amides is 1. The summed E-state index contributed by atoms with van der Waals surface area (Å²) < 4.78 is 11.2. The van der Waals surface area contributed by atoms with E-state index in [1.165, 1.54) is 11.3 Å². The smallest absolute Gasteiger partial charge is 0.269 e. The molecule has 1 aromatic carbocycles. The van der Waals surface area contributed by atoms with E-state index in [9.17, 15) is 9.90 Å². The molecule has 0 fully saturated rings. The summed E-state index contributed by atoms with van der Waals surface area (Å²) in [4.78, 5) is 24.7. The zero-order valence-corrected chi connectivity index (χ0v) is 19.0. The molecule has 3 heterocycles. The predicted molar refractivity (Wildman–Crippen MR) is 120 cm³/mol. The molecule has 31 heavy (non-hydrogen) atoms. The summed E-state index contributed by atoms with van der Waals surface area (Å²) in [5, 5.41) is 10.6. The highest BCUT2D eigenvalue weighted by molar-refractivity contribution is 7.17. The predicted octanol–water partition coefficient (Wildman–Crippen LogP) is 4.57. The highest BCUT2D eigenvalue weighted by Crippen LogP contribution is 2.40. The molecule has 1 unspecified atom stereocenters. The van der Waals surface area contributed by atoms with Crippen molar-refractivity contribution >= 4 is 34.5 Å². The van der Waals surface area contributed by atoms with Gasteiger partial charge in [0, 0.05) is 24.1 Å². The highest BCUT2D eigenvalue weighted by atomic mass is 35.5. The van der Waals surface area contributed by atoms with Gasteiger partial charge in [0.05, 0.1) is 34.0 Å². The largest absolute Gasteiger partial charge is 0.493 e. The fourth-order valence-corrected chi connectivity index (χ4v) is 4.30. The Hall–Kier alpha value is -2.68. The molecule has 0 spiro atoms. The number of anilines is 1. The first-order valence-electron chi connectivity index (χ1n) is 9.77. The van der Waals surface area contributed by atoms with Gasteiger partial charge >= 0.3 is 0 Å². The highest BCUT2D eigenvalue weighted by Gasteiger charge is 2.32. The molecule has 0 aliphatic carbocycles. The first kappa shape index (κ1) is 21.5. The number of methoxy groups -OCH3 is 1. The number of rotatable bonds is 7. The van der Waals surface area contributed by atoms with Crippen LogP contribution in [0.3, 0.4) is 0 Å². The van der Waals surface area contributed by atoms with Crippen LogP contribution >= 0.6 is 22.9 Å². The lowest BCUT2D eigenvalue weighted by atomic mass is 10.1. The lowest BCUT2D eigenvalue weighted by molar-refractivity contribution is 0.00776. The average Bonchev–Trinajstić information content (AvgIpc) is 3.32. The molecule has 7 nitrogen and oxygen atoms in total. The number of thiophene rings is 1. The number of nitrogens with zero attached hydrogens (tertiary/aromatic N) is 3. The van der Waals surface area contributed by atoms with E-state index >= 15 is 0 Å². The van der Waals surface area contributed by atoms with Gasteiger partial charge in [-0.15, -0.1) is 11.3 Å². The lowest BCUT2D eigenvalue weighted by Gasteiger charge is -2.23. The van der Waals surface area contributed by atoms with Crippen LogP contribution in [-0.4, -0.2) is 40.3 Å². The second-order valence-corrected chi connectivity index (χ2v) is 9.04. The third-order valence-electron chi connectivity index (χ3n) is 5.18. The van der Waals surface area contributed by atoms with Crippen LogP contribution in [-0.2, 0) is 6.54 Å². The zero-order chi connectivity index (χ0) is 22.2. The van der Waals surface area contributed by atoms with Crippen molar-refractivity contribution in [2.45, 2.75) is 32.4 Å². The maximum absolute atomic E-state index is 13.0. The van der Waals surface area contributed by atoms with Crippen LogP contribution < -0.4 is 14.4 Å². The van der Waals surface area contributed by atoms with Gasteiger partial charge in [0.25, 0.3) is 5.91 Å². The number of fused-ring (bicyclic) bond motifs is 1. The Balaban J connectivity index is 1.53. The molecule has 1 amide bonds. The molecule has 1 N–H and O–H groups in total. The maximum atomic E-state index is 13.0. The van der Waals surface area contributed by atoms with Gasteiger partial charge in [0.15, 0.2) is 17.3 Å². The van der Waals surface area contributed by atoms with Crippen molar-refractivity contribution in [3.63, 3.8) is 0 Å². The summed E-state index contributed by atoms with van der Waals surface area (Å²) in [6.45, 7) is 4.21. The lowest BCUT2D eigenvalue weighted by Crippen LogP contribution is -2.31. The quantitative estimate of drug-likeness (QED) is 0.557. The number of halogens is 1. The number of aromatic nitrogens is 2. The summed E-state index contributed by atoms with van der Waals surface area (Å²) in [6.07, 6.45) is 3.65. The number of hydrogen-bond acceptors (Lipinski definition) is 7. The van der Waals surface area contributed by atoms with Crippen LogP contribution in [0, 0.1) is 0 Å². The fourth-order valence-electron chi connectivity index (χ4n) is 3.13. The summed E-state index contributed by atoms with van der Waals surface area (Å²) in [6, 6.07) is 7.29. The molecule has 0 bridgehead atoms. The Kier molecular flexibility index (Phi) is 5.88. The number of benzene rings is 1. The average molecular weight is 460 g/mol. The van der Waals surface area contributed by atoms with Crippen LogP contribution in [0.2, 0.25) is 5.02 Å². The topological polar surface area (TPSA) is 84.8 Å². The van der Waals surface area contributed by atoms with E-state index in [0.717, 1.165) is 10.4 Å². The second kappa shape index (κ2) is 8.45. The van der Waals surface area contributed by atoms with Gasteiger partial charge in [0.2, 0.25) is 0 Å². The minimum Gasteiger partial charge on any atom is -0.493 e. The Morgan fingerprint density at radius 3 is 2.65 bits per heavy atom. The van der Waals surface area contributed by atoms with E-state index in [0.29, 0.717) is 45.9 Å². The van der Waals surface area contributed by atoms with E-state index in [2.05, 4.69) is 9.97 Å². The van der Waals surface area contributed by atoms with Crippen molar-refractivity contribution in [1.82, 2.24) is 9.97 Å².